The molecule has 0 unspecified atom stereocenters. The van der Waals surface area contributed by atoms with E-state index in [1.165, 1.54) is 19.4 Å². The third-order valence-electron chi connectivity index (χ3n) is 2.53. The van der Waals surface area contributed by atoms with Gasteiger partial charge in [0.25, 0.3) is 0 Å². The van der Waals surface area contributed by atoms with Crippen molar-refractivity contribution in [2.75, 3.05) is 7.11 Å². The van der Waals surface area contributed by atoms with Crippen LogP contribution < -0.4 is 4.73 Å². The molecule has 5 heteroatoms. The lowest BCUT2D eigenvalue weighted by Crippen LogP contribution is -2.25. The molecule has 0 N–H and O–H groups in total. The quantitative estimate of drug-likeness (QED) is 0.343. The van der Waals surface area contributed by atoms with Gasteiger partial charge in [0.2, 0.25) is 12.0 Å². The van der Waals surface area contributed by atoms with Gasteiger partial charge in [-0.1, -0.05) is 11.8 Å². The molecule has 0 aliphatic heterocycles. The SMILES string of the molecule is COC(=O)c1ccc(C#Cc2cc[n+]([O-])cc2F)cc1. The van der Waals surface area contributed by atoms with Gasteiger partial charge in [-0.15, -0.1) is 0 Å². The molecule has 2 aromatic rings. The summed E-state index contributed by atoms with van der Waals surface area (Å²) >= 11 is 0. The lowest BCUT2D eigenvalue weighted by atomic mass is 10.1. The average molecular weight is 271 g/mol. The number of esters is 1. The molecule has 1 heterocycles. The summed E-state index contributed by atoms with van der Waals surface area (Å²) < 4.78 is 18.3. The monoisotopic (exact) mass is 271 g/mol. The Hall–Kier alpha value is -2.87. The lowest BCUT2D eigenvalue weighted by Gasteiger charge is -1.98. The van der Waals surface area contributed by atoms with Crippen molar-refractivity contribution < 1.29 is 18.7 Å². The van der Waals surface area contributed by atoms with E-state index in [0.29, 0.717) is 15.9 Å². The summed E-state index contributed by atoms with van der Waals surface area (Å²) in [6.45, 7) is 0. The second-order valence-electron chi connectivity index (χ2n) is 3.89. The normalized spacial score (nSPS) is 9.50. The number of hydrogen-bond acceptors (Lipinski definition) is 3. The van der Waals surface area contributed by atoms with E-state index in [1.807, 2.05) is 0 Å². The highest BCUT2D eigenvalue weighted by Gasteiger charge is 2.04. The summed E-state index contributed by atoms with van der Waals surface area (Å²) in [7, 11) is 1.30. The minimum Gasteiger partial charge on any atom is -0.619 e. The number of methoxy groups -OCH3 is 1. The van der Waals surface area contributed by atoms with Crippen LogP contribution >= 0.6 is 0 Å². The molecule has 0 aliphatic rings. The molecule has 4 nitrogen and oxygen atoms in total. The summed E-state index contributed by atoms with van der Waals surface area (Å²) in [4.78, 5) is 11.2. The second-order valence-corrected chi connectivity index (χ2v) is 3.89. The smallest absolute Gasteiger partial charge is 0.337 e. The van der Waals surface area contributed by atoms with Crippen molar-refractivity contribution in [3.63, 3.8) is 0 Å². The Morgan fingerprint density at radius 3 is 2.55 bits per heavy atom. The minimum absolute atomic E-state index is 0.133. The van der Waals surface area contributed by atoms with Crippen LogP contribution in [-0.2, 0) is 4.74 Å². The Labute approximate surface area is 115 Å². The summed E-state index contributed by atoms with van der Waals surface area (Å²) in [6.07, 6.45) is 1.98. The van der Waals surface area contributed by atoms with E-state index in [1.54, 1.807) is 24.3 Å². The molecular weight excluding hydrogens is 261 g/mol. The predicted octanol–water partition coefficient (Wildman–Crippen LogP) is 1.65. The molecule has 0 aliphatic carbocycles. The van der Waals surface area contributed by atoms with Crippen molar-refractivity contribution in [2.45, 2.75) is 0 Å². The average Bonchev–Trinajstić information content (AvgIpc) is 2.46. The van der Waals surface area contributed by atoms with Crippen LogP contribution in [0.4, 0.5) is 4.39 Å². The number of nitrogens with zero attached hydrogens (tertiary/aromatic N) is 1. The fourth-order valence-corrected chi connectivity index (χ4v) is 1.50. The lowest BCUT2D eigenvalue weighted by molar-refractivity contribution is -0.607. The fraction of sp³-hybridized carbons (Fsp3) is 0.0667. The first-order chi connectivity index (χ1) is 9.60. The van der Waals surface area contributed by atoms with Gasteiger partial charge in [-0.05, 0) is 24.3 Å². The van der Waals surface area contributed by atoms with Crippen LogP contribution in [0.1, 0.15) is 21.5 Å². The van der Waals surface area contributed by atoms with E-state index >= 15 is 0 Å². The molecule has 0 atom stereocenters. The molecule has 0 spiro atoms. The molecule has 1 aromatic carbocycles. The second kappa shape index (κ2) is 5.85. The maximum Gasteiger partial charge on any atom is 0.337 e. The molecule has 100 valence electrons. The maximum absolute atomic E-state index is 13.4. The molecule has 0 saturated heterocycles. The van der Waals surface area contributed by atoms with Gasteiger partial charge in [0.05, 0.1) is 18.2 Å². The number of rotatable bonds is 1. The van der Waals surface area contributed by atoms with Gasteiger partial charge in [-0.3, -0.25) is 0 Å². The van der Waals surface area contributed by atoms with E-state index in [-0.39, 0.29) is 5.56 Å². The number of benzene rings is 1. The molecule has 0 fully saturated rings. The largest absolute Gasteiger partial charge is 0.619 e. The highest BCUT2D eigenvalue weighted by molar-refractivity contribution is 5.89. The third kappa shape index (κ3) is 3.12. The van der Waals surface area contributed by atoms with Crippen molar-refractivity contribution in [1.29, 1.82) is 0 Å². The Morgan fingerprint density at radius 2 is 1.95 bits per heavy atom. The molecule has 0 bridgehead atoms. The van der Waals surface area contributed by atoms with Gasteiger partial charge in [-0.2, -0.15) is 9.12 Å². The molecule has 2 rings (SSSR count). The summed E-state index contributed by atoms with van der Waals surface area (Å²) in [5.41, 5.74) is 1.17. The molecule has 0 saturated carbocycles. The third-order valence-corrected chi connectivity index (χ3v) is 2.53. The van der Waals surface area contributed by atoms with E-state index in [2.05, 4.69) is 16.6 Å². The number of hydrogen-bond donors (Lipinski definition) is 0. The van der Waals surface area contributed by atoms with Gasteiger partial charge in [0, 0.05) is 11.6 Å². The molecular formula is C15H10FNO3. The van der Waals surface area contributed by atoms with Crippen LogP contribution in [0, 0.1) is 22.9 Å². The summed E-state index contributed by atoms with van der Waals surface area (Å²) in [5, 5.41) is 10.8. The number of carbonyl (C=O) groups is 1. The topological polar surface area (TPSA) is 53.2 Å². The first kappa shape index (κ1) is 13.6. The zero-order chi connectivity index (χ0) is 14.5. The van der Waals surface area contributed by atoms with Crippen LogP contribution in [0.3, 0.4) is 0 Å². The van der Waals surface area contributed by atoms with E-state index in [4.69, 9.17) is 0 Å². The highest BCUT2D eigenvalue weighted by Crippen LogP contribution is 2.06. The number of pyridine rings is 1. The summed E-state index contributed by atoms with van der Waals surface area (Å²) in [5.74, 6) is 4.27. The van der Waals surface area contributed by atoms with Crippen LogP contribution in [-0.4, -0.2) is 13.1 Å². The number of ether oxygens (including phenoxy) is 1. The Kier molecular flexibility index (Phi) is 3.96. The van der Waals surface area contributed by atoms with E-state index < -0.39 is 11.8 Å². The zero-order valence-electron chi connectivity index (χ0n) is 10.6. The van der Waals surface area contributed by atoms with Crippen molar-refractivity contribution in [2.24, 2.45) is 0 Å². The Balaban J connectivity index is 2.22. The van der Waals surface area contributed by atoms with Gasteiger partial charge >= 0.3 is 5.97 Å². The Bertz CT molecular complexity index is 699. The van der Waals surface area contributed by atoms with Gasteiger partial charge in [-0.25, -0.2) is 4.79 Å². The zero-order valence-corrected chi connectivity index (χ0v) is 10.6. The highest BCUT2D eigenvalue weighted by atomic mass is 19.1. The van der Waals surface area contributed by atoms with Crippen LogP contribution in [0.15, 0.2) is 42.7 Å². The number of carbonyl (C=O) groups excluding carboxylic acids is 1. The number of aromatic nitrogens is 1. The van der Waals surface area contributed by atoms with Crippen LogP contribution in [0.2, 0.25) is 0 Å². The fourth-order valence-electron chi connectivity index (χ4n) is 1.50. The van der Waals surface area contributed by atoms with Crippen molar-refractivity contribution in [3.05, 3.63) is 70.4 Å². The molecule has 1 aromatic heterocycles. The first-order valence-corrected chi connectivity index (χ1v) is 5.69. The van der Waals surface area contributed by atoms with Gasteiger partial charge < -0.3 is 9.94 Å². The molecule has 0 radical (unpaired) electrons. The molecule has 20 heavy (non-hydrogen) atoms. The Morgan fingerprint density at radius 1 is 1.25 bits per heavy atom. The standard InChI is InChI=1S/C15H10FNO3/c1-20-15(18)13-6-3-11(4-7-13)2-5-12-8-9-17(19)10-14(12)16/h3-4,6-10H,1H3. The maximum atomic E-state index is 13.4. The molecule has 0 amide bonds. The van der Waals surface area contributed by atoms with Gasteiger partial charge in [0.15, 0.2) is 6.20 Å². The number of halogens is 1. The van der Waals surface area contributed by atoms with E-state index in [0.717, 1.165) is 6.20 Å². The van der Waals surface area contributed by atoms with Crippen molar-refractivity contribution in [1.82, 2.24) is 0 Å². The van der Waals surface area contributed by atoms with E-state index in [9.17, 15) is 14.4 Å². The van der Waals surface area contributed by atoms with Gasteiger partial charge in [0.1, 0.15) is 0 Å². The van der Waals surface area contributed by atoms with Crippen molar-refractivity contribution >= 4 is 5.97 Å². The summed E-state index contributed by atoms with van der Waals surface area (Å²) in [6, 6.07) is 7.71. The van der Waals surface area contributed by atoms with Crippen LogP contribution in [0.5, 0.6) is 0 Å². The van der Waals surface area contributed by atoms with Crippen molar-refractivity contribution in [3.8, 4) is 11.8 Å². The first-order valence-electron chi connectivity index (χ1n) is 5.69. The predicted molar refractivity (Wildman–Crippen MR) is 69.1 cm³/mol. The van der Waals surface area contributed by atoms with Crippen LogP contribution in [0.25, 0.3) is 0 Å². The minimum atomic E-state index is -0.679.